The zero-order valence-corrected chi connectivity index (χ0v) is 14.0. The van der Waals surface area contributed by atoms with Gasteiger partial charge in [0.1, 0.15) is 5.75 Å². The Hall–Kier alpha value is -1.39. The van der Waals surface area contributed by atoms with Crippen LogP contribution in [0.3, 0.4) is 0 Å². The van der Waals surface area contributed by atoms with Gasteiger partial charge in [0.25, 0.3) is 0 Å². The molecule has 2 aromatic rings. The summed E-state index contributed by atoms with van der Waals surface area (Å²) >= 11 is 1.71. The first-order valence-corrected chi connectivity index (χ1v) is 8.39. The number of aromatic nitrogens is 1. The number of nitrogens with zero attached hydrogens (tertiary/aromatic N) is 1. The molecule has 0 aliphatic carbocycles. The lowest BCUT2D eigenvalue weighted by Crippen LogP contribution is -2.23. The van der Waals surface area contributed by atoms with Crippen molar-refractivity contribution in [2.75, 3.05) is 6.54 Å². The van der Waals surface area contributed by atoms with Crippen molar-refractivity contribution < 1.29 is 4.74 Å². The van der Waals surface area contributed by atoms with Crippen LogP contribution < -0.4 is 10.1 Å². The molecular formula is C17H24N2OS. The molecule has 1 aromatic carbocycles. The van der Waals surface area contributed by atoms with E-state index in [4.69, 9.17) is 4.74 Å². The number of thiazole rings is 1. The predicted octanol–water partition coefficient (Wildman–Crippen LogP) is 4.33. The summed E-state index contributed by atoms with van der Waals surface area (Å²) in [6.45, 7) is 9.33. The van der Waals surface area contributed by atoms with Crippen LogP contribution in [0.25, 0.3) is 0 Å². The lowest BCUT2D eigenvalue weighted by atomic mass is 10.0. The van der Waals surface area contributed by atoms with E-state index >= 15 is 0 Å². The highest BCUT2D eigenvalue weighted by Crippen LogP contribution is 2.30. The third kappa shape index (κ3) is 4.29. The maximum absolute atomic E-state index is 5.82. The van der Waals surface area contributed by atoms with E-state index in [1.54, 1.807) is 11.3 Å². The topological polar surface area (TPSA) is 34.1 Å². The van der Waals surface area contributed by atoms with E-state index in [1.165, 1.54) is 10.4 Å². The maximum Gasteiger partial charge on any atom is 0.120 e. The van der Waals surface area contributed by atoms with E-state index in [2.05, 4.69) is 42.3 Å². The summed E-state index contributed by atoms with van der Waals surface area (Å²) in [5.41, 5.74) is 4.25. The zero-order valence-electron chi connectivity index (χ0n) is 13.2. The quantitative estimate of drug-likeness (QED) is 0.827. The van der Waals surface area contributed by atoms with Crippen LogP contribution in [0.2, 0.25) is 0 Å². The van der Waals surface area contributed by atoms with Gasteiger partial charge < -0.3 is 10.1 Å². The number of aryl methyl sites for hydroxylation is 1. The van der Waals surface area contributed by atoms with Crippen LogP contribution in [0, 0.1) is 6.92 Å². The highest BCUT2D eigenvalue weighted by atomic mass is 32.1. The number of ether oxygens (including phenoxy) is 1. The summed E-state index contributed by atoms with van der Waals surface area (Å²) in [7, 11) is 0. The Morgan fingerprint density at radius 3 is 2.76 bits per heavy atom. The van der Waals surface area contributed by atoms with Crippen molar-refractivity contribution in [2.45, 2.75) is 46.3 Å². The fraction of sp³-hybridized carbons (Fsp3) is 0.471. The molecule has 0 spiro atoms. The molecule has 2 rings (SSSR count). The SMILES string of the molecule is CCCNC(c1cccc(OC(C)C)c1)c1scnc1C. The van der Waals surface area contributed by atoms with Crippen molar-refractivity contribution in [1.29, 1.82) is 0 Å². The summed E-state index contributed by atoms with van der Waals surface area (Å²) in [5, 5.41) is 3.62. The minimum absolute atomic E-state index is 0.187. The summed E-state index contributed by atoms with van der Waals surface area (Å²) in [5.74, 6) is 0.924. The van der Waals surface area contributed by atoms with Gasteiger partial charge in [-0.1, -0.05) is 19.1 Å². The average Bonchev–Trinajstić information content (AvgIpc) is 2.85. The molecule has 3 nitrogen and oxygen atoms in total. The van der Waals surface area contributed by atoms with E-state index in [0.717, 1.165) is 24.4 Å². The molecule has 1 aromatic heterocycles. The number of benzene rings is 1. The van der Waals surface area contributed by atoms with Gasteiger partial charge in [0.15, 0.2) is 0 Å². The molecule has 0 fully saturated rings. The minimum atomic E-state index is 0.187. The number of nitrogens with one attached hydrogen (secondary N) is 1. The number of hydrogen-bond donors (Lipinski definition) is 1. The Morgan fingerprint density at radius 2 is 2.14 bits per heavy atom. The van der Waals surface area contributed by atoms with Gasteiger partial charge in [0, 0.05) is 4.88 Å². The largest absolute Gasteiger partial charge is 0.491 e. The molecule has 0 aliphatic rings. The Labute approximate surface area is 131 Å². The molecule has 1 heterocycles. The molecule has 1 atom stereocenters. The third-order valence-corrected chi connectivity index (χ3v) is 4.20. The maximum atomic E-state index is 5.82. The fourth-order valence-corrected chi connectivity index (χ4v) is 3.18. The molecule has 1 unspecified atom stereocenters. The molecular weight excluding hydrogens is 280 g/mol. The zero-order chi connectivity index (χ0) is 15.2. The summed E-state index contributed by atoms with van der Waals surface area (Å²) in [4.78, 5) is 5.67. The molecule has 0 bridgehead atoms. The first-order chi connectivity index (χ1) is 10.1. The normalized spacial score (nSPS) is 12.6. The monoisotopic (exact) mass is 304 g/mol. The van der Waals surface area contributed by atoms with Crippen LogP contribution in [0.4, 0.5) is 0 Å². The first kappa shape index (κ1) is 16.0. The van der Waals surface area contributed by atoms with Gasteiger partial charge in [-0.25, -0.2) is 4.98 Å². The van der Waals surface area contributed by atoms with Crippen molar-refractivity contribution in [3.8, 4) is 5.75 Å². The van der Waals surface area contributed by atoms with Crippen molar-refractivity contribution in [1.82, 2.24) is 10.3 Å². The molecule has 0 aliphatic heterocycles. The molecule has 0 radical (unpaired) electrons. The Morgan fingerprint density at radius 1 is 1.33 bits per heavy atom. The Bertz CT molecular complexity index is 565. The lowest BCUT2D eigenvalue weighted by Gasteiger charge is -2.19. The highest BCUT2D eigenvalue weighted by Gasteiger charge is 2.18. The predicted molar refractivity (Wildman–Crippen MR) is 89.2 cm³/mol. The van der Waals surface area contributed by atoms with Gasteiger partial charge in [-0.05, 0) is 51.4 Å². The minimum Gasteiger partial charge on any atom is -0.491 e. The van der Waals surface area contributed by atoms with Gasteiger partial charge >= 0.3 is 0 Å². The van der Waals surface area contributed by atoms with Crippen molar-refractivity contribution in [3.05, 3.63) is 45.9 Å². The van der Waals surface area contributed by atoms with E-state index in [9.17, 15) is 0 Å². The van der Waals surface area contributed by atoms with E-state index in [-0.39, 0.29) is 12.1 Å². The Balaban J connectivity index is 2.30. The highest BCUT2D eigenvalue weighted by molar-refractivity contribution is 7.09. The van der Waals surface area contributed by atoms with Gasteiger partial charge in [0.05, 0.1) is 23.4 Å². The second kappa shape index (κ2) is 7.57. The van der Waals surface area contributed by atoms with Crippen molar-refractivity contribution in [2.24, 2.45) is 0 Å². The average molecular weight is 304 g/mol. The van der Waals surface area contributed by atoms with Crippen molar-refractivity contribution in [3.63, 3.8) is 0 Å². The second-order valence-electron chi connectivity index (χ2n) is 5.43. The summed E-state index contributed by atoms with van der Waals surface area (Å²) < 4.78 is 5.82. The van der Waals surface area contributed by atoms with Crippen molar-refractivity contribution >= 4 is 11.3 Å². The summed E-state index contributed by atoms with van der Waals surface area (Å²) in [6.07, 6.45) is 1.30. The van der Waals surface area contributed by atoms with Gasteiger partial charge in [-0.15, -0.1) is 11.3 Å². The molecule has 4 heteroatoms. The number of hydrogen-bond acceptors (Lipinski definition) is 4. The summed E-state index contributed by atoms with van der Waals surface area (Å²) in [6, 6.07) is 8.55. The van der Waals surface area contributed by atoms with Gasteiger partial charge in [-0.2, -0.15) is 0 Å². The van der Waals surface area contributed by atoms with Crippen LogP contribution in [0.1, 0.15) is 49.4 Å². The Kier molecular flexibility index (Phi) is 5.76. The van der Waals surface area contributed by atoms with Crippen LogP contribution in [0.15, 0.2) is 29.8 Å². The smallest absolute Gasteiger partial charge is 0.120 e. The first-order valence-electron chi connectivity index (χ1n) is 7.51. The molecule has 1 N–H and O–H groups in total. The van der Waals surface area contributed by atoms with Gasteiger partial charge in [0.2, 0.25) is 0 Å². The number of rotatable bonds is 7. The second-order valence-corrected chi connectivity index (χ2v) is 6.31. The van der Waals surface area contributed by atoms with E-state index in [0.29, 0.717) is 0 Å². The van der Waals surface area contributed by atoms with Crippen LogP contribution in [-0.4, -0.2) is 17.6 Å². The lowest BCUT2D eigenvalue weighted by molar-refractivity contribution is 0.242. The molecule has 0 amide bonds. The van der Waals surface area contributed by atoms with Crippen LogP contribution in [-0.2, 0) is 0 Å². The van der Waals surface area contributed by atoms with Gasteiger partial charge in [-0.3, -0.25) is 0 Å². The molecule has 114 valence electrons. The van der Waals surface area contributed by atoms with Crippen LogP contribution in [0.5, 0.6) is 5.75 Å². The standard InChI is InChI=1S/C17H24N2OS/c1-5-9-18-16(17-13(4)19-11-21-17)14-7-6-8-15(10-14)20-12(2)3/h6-8,10-12,16,18H,5,9H2,1-4H3. The molecule has 0 saturated heterocycles. The molecule has 21 heavy (non-hydrogen) atoms. The molecule has 0 saturated carbocycles. The van der Waals surface area contributed by atoms with E-state index in [1.807, 2.05) is 25.4 Å². The van der Waals surface area contributed by atoms with E-state index < -0.39 is 0 Å². The van der Waals surface area contributed by atoms with Crippen LogP contribution >= 0.6 is 11.3 Å². The fourth-order valence-electron chi connectivity index (χ4n) is 2.28. The third-order valence-electron chi connectivity index (χ3n) is 3.21.